The summed E-state index contributed by atoms with van der Waals surface area (Å²) in [6.45, 7) is -0.656. The van der Waals surface area contributed by atoms with Gasteiger partial charge < -0.3 is 19.9 Å². The molecule has 0 bridgehead atoms. The van der Waals surface area contributed by atoms with Crippen molar-refractivity contribution in [2.24, 2.45) is 0 Å². The predicted molar refractivity (Wildman–Crippen MR) is 73.3 cm³/mol. The summed E-state index contributed by atoms with van der Waals surface area (Å²) in [6.07, 6.45) is -1.13. The SMILES string of the molecule is O=C(O)c1cc(=O)c2cc(Cl)ccc2n1CC(O)CO. The molecule has 0 aliphatic rings. The molecule has 0 saturated heterocycles. The van der Waals surface area contributed by atoms with Crippen molar-refractivity contribution in [1.29, 1.82) is 0 Å². The van der Waals surface area contributed by atoms with E-state index in [0.717, 1.165) is 6.07 Å². The Kier molecular flexibility index (Phi) is 4.08. The van der Waals surface area contributed by atoms with Gasteiger partial charge in [0.1, 0.15) is 5.69 Å². The van der Waals surface area contributed by atoms with E-state index in [0.29, 0.717) is 10.5 Å². The number of carboxylic acids is 1. The molecule has 0 aliphatic heterocycles. The monoisotopic (exact) mass is 297 g/mol. The number of halogens is 1. The second-order valence-corrected chi connectivity index (χ2v) is 4.74. The summed E-state index contributed by atoms with van der Waals surface area (Å²) in [5.41, 5.74) is -0.376. The summed E-state index contributed by atoms with van der Waals surface area (Å²) in [4.78, 5) is 23.1. The molecule has 3 N–H and O–H groups in total. The standard InChI is InChI=1S/C13H12ClNO5/c14-7-1-2-10-9(3-7)12(18)4-11(13(19)20)15(10)5-8(17)6-16/h1-4,8,16-17H,5-6H2,(H,19,20). The van der Waals surface area contributed by atoms with Gasteiger partial charge in [0.2, 0.25) is 0 Å². The molecule has 20 heavy (non-hydrogen) atoms. The van der Waals surface area contributed by atoms with Crippen molar-refractivity contribution in [3.63, 3.8) is 0 Å². The number of carboxylic acid groups (broad SMARTS) is 1. The Labute approximate surface area is 118 Å². The molecule has 1 aromatic carbocycles. The van der Waals surface area contributed by atoms with Gasteiger partial charge in [-0.2, -0.15) is 0 Å². The molecule has 0 fully saturated rings. The Balaban J connectivity index is 2.78. The van der Waals surface area contributed by atoms with Gasteiger partial charge in [-0.15, -0.1) is 0 Å². The number of pyridine rings is 1. The Bertz CT molecular complexity index is 725. The molecule has 1 atom stereocenters. The summed E-state index contributed by atoms with van der Waals surface area (Å²) in [5, 5.41) is 28.2. The van der Waals surface area contributed by atoms with Crippen molar-refractivity contribution in [2.75, 3.05) is 6.61 Å². The van der Waals surface area contributed by atoms with Crippen molar-refractivity contribution in [1.82, 2.24) is 4.57 Å². The minimum atomic E-state index is -1.29. The maximum absolute atomic E-state index is 11.9. The molecular weight excluding hydrogens is 286 g/mol. The Morgan fingerprint density at radius 1 is 1.35 bits per heavy atom. The molecule has 7 heteroatoms. The summed E-state index contributed by atoms with van der Waals surface area (Å²) in [7, 11) is 0. The van der Waals surface area contributed by atoms with Crippen LogP contribution in [0.4, 0.5) is 0 Å². The van der Waals surface area contributed by atoms with Crippen molar-refractivity contribution in [2.45, 2.75) is 12.6 Å². The third-order valence-corrected chi connectivity index (χ3v) is 3.13. The average Bonchev–Trinajstić information content (AvgIpc) is 2.41. The van der Waals surface area contributed by atoms with Crippen LogP contribution in [-0.2, 0) is 6.54 Å². The van der Waals surface area contributed by atoms with Crippen molar-refractivity contribution in [3.8, 4) is 0 Å². The third kappa shape index (κ3) is 2.67. The first-order valence-electron chi connectivity index (χ1n) is 5.79. The Morgan fingerprint density at radius 2 is 2.05 bits per heavy atom. The summed E-state index contributed by atoms with van der Waals surface area (Å²) >= 11 is 5.82. The lowest BCUT2D eigenvalue weighted by molar-refractivity contribution is 0.0656. The summed E-state index contributed by atoms with van der Waals surface area (Å²) in [5.74, 6) is -1.29. The van der Waals surface area contributed by atoms with Crippen LogP contribution < -0.4 is 5.43 Å². The Hall–Kier alpha value is -1.89. The van der Waals surface area contributed by atoms with Crippen LogP contribution >= 0.6 is 11.6 Å². The van der Waals surface area contributed by atoms with E-state index in [-0.39, 0.29) is 17.6 Å². The maximum Gasteiger partial charge on any atom is 0.352 e. The highest BCUT2D eigenvalue weighted by Gasteiger charge is 2.17. The van der Waals surface area contributed by atoms with Gasteiger partial charge in [-0.3, -0.25) is 4.79 Å². The normalized spacial score (nSPS) is 12.6. The van der Waals surface area contributed by atoms with Gasteiger partial charge in [0, 0.05) is 16.5 Å². The molecule has 2 aromatic rings. The van der Waals surface area contributed by atoms with E-state index < -0.39 is 24.1 Å². The summed E-state index contributed by atoms with van der Waals surface area (Å²) < 4.78 is 1.27. The number of carbonyl (C=O) groups is 1. The third-order valence-electron chi connectivity index (χ3n) is 2.90. The molecule has 0 spiro atoms. The predicted octanol–water partition coefficient (Wildman–Crippen LogP) is 0.706. The number of aromatic carboxylic acids is 1. The molecule has 0 amide bonds. The van der Waals surface area contributed by atoms with Crippen LogP contribution in [0.5, 0.6) is 0 Å². The molecule has 0 aliphatic carbocycles. The largest absolute Gasteiger partial charge is 0.477 e. The molecule has 1 heterocycles. The van der Waals surface area contributed by atoms with Crippen molar-refractivity contribution in [3.05, 3.63) is 45.2 Å². The minimum absolute atomic E-state index is 0.142. The zero-order chi connectivity index (χ0) is 14.9. The highest BCUT2D eigenvalue weighted by molar-refractivity contribution is 6.31. The second-order valence-electron chi connectivity index (χ2n) is 4.31. The average molecular weight is 298 g/mol. The molecule has 1 unspecified atom stereocenters. The lowest BCUT2D eigenvalue weighted by Crippen LogP contribution is -2.26. The van der Waals surface area contributed by atoms with Gasteiger partial charge in [-0.1, -0.05) is 11.6 Å². The van der Waals surface area contributed by atoms with Crippen LogP contribution in [-0.4, -0.2) is 38.6 Å². The number of aliphatic hydroxyl groups is 2. The number of benzene rings is 1. The van der Waals surface area contributed by atoms with Crippen LogP contribution in [0, 0.1) is 0 Å². The van der Waals surface area contributed by atoms with Crippen LogP contribution in [0.15, 0.2) is 29.1 Å². The minimum Gasteiger partial charge on any atom is -0.477 e. The van der Waals surface area contributed by atoms with E-state index in [2.05, 4.69) is 0 Å². The number of hydrogen-bond donors (Lipinski definition) is 3. The molecule has 1 aromatic heterocycles. The number of aromatic nitrogens is 1. The van der Waals surface area contributed by atoms with E-state index in [1.165, 1.54) is 22.8 Å². The van der Waals surface area contributed by atoms with Gasteiger partial charge in [-0.05, 0) is 18.2 Å². The maximum atomic E-state index is 11.9. The molecule has 2 rings (SSSR count). The lowest BCUT2D eigenvalue weighted by atomic mass is 10.1. The number of rotatable bonds is 4. The van der Waals surface area contributed by atoms with Crippen LogP contribution in [0.25, 0.3) is 10.9 Å². The van der Waals surface area contributed by atoms with Crippen LogP contribution in [0.2, 0.25) is 5.02 Å². The molecule has 106 valence electrons. The van der Waals surface area contributed by atoms with E-state index in [1.807, 2.05) is 0 Å². The van der Waals surface area contributed by atoms with E-state index in [4.69, 9.17) is 21.8 Å². The molecule has 0 saturated carbocycles. The first kappa shape index (κ1) is 14.5. The highest BCUT2D eigenvalue weighted by Crippen LogP contribution is 2.19. The highest BCUT2D eigenvalue weighted by atomic mass is 35.5. The molecule has 6 nitrogen and oxygen atoms in total. The van der Waals surface area contributed by atoms with Crippen LogP contribution in [0.3, 0.4) is 0 Å². The van der Waals surface area contributed by atoms with Gasteiger partial charge in [-0.25, -0.2) is 4.79 Å². The first-order valence-corrected chi connectivity index (χ1v) is 6.17. The van der Waals surface area contributed by atoms with Gasteiger partial charge in [0.15, 0.2) is 5.43 Å². The molecule has 0 radical (unpaired) electrons. The van der Waals surface area contributed by atoms with Gasteiger partial charge in [0.05, 0.1) is 24.8 Å². The fraction of sp³-hybridized carbons (Fsp3) is 0.231. The van der Waals surface area contributed by atoms with E-state index >= 15 is 0 Å². The first-order chi connectivity index (χ1) is 9.43. The number of nitrogens with zero attached hydrogens (tertiary/aromatic N) is 1. The quantitative estimate of drug-likeness (QED) is 0.771. The fourth-order valence-electron chi connectivity index (χ4n) is 1.99. The zero-order valence-electron chi connectivity index (χ0n) is 10.3. The van der Waals surface area contributed by atoms with Crippen molar-refractivity contribution < 1.29 is 20.1 Å². The summed E-state index contributed by atoms with van der Waals surface area (Å²) in [6, 6.07) is 5.45. The number of fused-ring (bicyclic) bond motifs is 1. The van der Waals surface area contributed by atoms with E-state index in [1.54, 1.807) is 0 Å². The van der Waals surface area contributed by atoms with Crippen LogP contribution in [0.1, 0.15) is 10.5 Å². The van der Waals surface area contributed by atoms with Gasteiger partial charge in [0.25, 0.3) is 0 Å². The topological polar surface area (TPSA) is 99.8 Å². The molecular formula is C13H12ClNO5. The fourth-order valence-corrected chi connectivity index (χ4v) is 2.17. The second kappa shape index (κ2) is 5.62. The van der Waals surface area contributed by atoms with E-state index in [9.17, 15) is 14.7 Å². The van der Waals surface area contributed by atoms with Gasteiger partial charge >= 0.3 is 5.97 Å². The number of aliphatic hydroxyl groups excluding tert-OH is 2. The lowest BCUT2D eigenvalue weighted by Gasteiger charge is -2.17. The zero-order valence-corrected chi connectivity index (χ0v) is 11.0. The smallest absolute Gasteiger partial charge is 0.352 e. The number of hydrogen-bond acceptors (Lipinski definition) is 4. The van der Waals surface area contributed by atoms with Crippen molar-refractivity contribution >= 4 is 28.5 Å². The Morgan fingerprint density at radius 3 is 2.65 bits per heavy atom.